The zero-order valence-corrected chi connectivity index (χ0v) is 15.7. The maximum atomic E-state index is 12.0. The molecule has 1 aromatic rings. The second-order valence-corrected chi connectivity index (χ2v) is 7.97. The lowest BCUT2D eigenvalue weighted by Crippen LogP contribution is -2.39. The summed E-state index contributed by atoms with van der Waals surface area (Å²) in [6, 6.07) is 9.08. The molecule has 2 bridgehead atoms. The van der Waals surface area contributed by atoms with E-state index < -0.39 is 0 Å². The number of hydrazone groups is 1. The third-order valence-corrected chi connectivity index (χ3v) is 6.39. The number of hydrogen-bond donors (Lipinski definition) is 2. The molecule has 2 aliphatic rings. The molecule has 0 aliphatic heterocycles. The molecule has 2 atom stereocenters. The van der Waals surface area contributed by atoms with Gasteiger partial charge in [-0.15, -0.1) is 0 Å². The molecule has 1 aromatic carbocycles. The first-order chi connectivity index (χ1) is 12.3. The van der Waals surface area contributed by atoms with Crippen molar-refractivity contribution in [3.8, 4) is 5.75 Å². The van der Waals surface area contributed by atoms with Crippen molar-refractivity contribution in [3.05, 3.63) is 30.3 Å². The molecule has 2 N–H and O–H groups in total. The predicted molar refractivity (Wildman–Crippen MR) is 99.8 cm³/mol. The van der Waals surface area contributed by atoms with Gasteiger partial charge in [-0.2, -0.15) is 5.10 Å². The molecule has 2 saturated carbocycles. The molecule has 6 heteroatoms. The van der Waals surface area contributed by atoms with Crippen molar-refractivity contribution < 1.29 is 14.3 Å². The van der Waals surface area contributed by atoms with E-state index in [-0.39, 0.29) is 35.8 Å². The van der Waals surface area contributed by atoms with E-state index in [0.29, 0.717) is 11.7 Å². The highest BCUT2D eigenvalue weighted by Gasteiger charge is 2.59. The van der Waals surface area contributed by atoms with Crippen LogP contribution in [0.15, 0.2) is 35.4 Å². The van der Waals surface area contributed by atoms with Crippen LogP contribution in [0.3, 0.4) is 0 Å². The molecule has 0 saturated heterocycles. The summed E-state index contributed by atoms with van der Waals surface area (Å²) >= 11 is 0. The Morgan fingerprint density at radius 1 is 1.19 bits per heavy atom. The number of nitrogens with one attached hydrogen (secondary N) is 2. The predicted octanol–water partition coefficient (Wildman–Crippen LogP) is 2.50. The summed E-state index contributed by atoms with van der Waals surface area (Å²) < 4.78 is 5.34. The van der Waals surface area contributed by atoms with Crippen LogP contribution in [0.4, 0.5) is 0 Å². The Labute approximate surface area is 154 Å². The number of ether oxygens (including phenoxy) is 1. The fourth-order valence-corrected chi connectivity index (χ4v) is 4.16. The van der Waals surface area contributed by atoms with E-state index in [2.05, 4.69) is 36.6 Å². The summed E-state index contributed by atoms with van der Waals surface area (Å²) in [6.45, 7) is 6.59. The van der Waals surface area contributed by atoms with Crippen LogP contribution < -0.4 is 15.5 Å². The highest BCUT2D eigenvalue weighted by atomic mass is 16.5. The summed E-state index contributed by atoms with van der Waals surface area (Å²) in [5, 5.41) is 6.92. The number of carbonyl (C=O) groups excluding carboxylic acids is 2. The van der Waals surface area contributed by atoms with Crippen molar-refractivity contribution in [1.29, 1.82) is 0 Å². The first-order valence-corrected chi connectivity index (χ1v) is 9.13. The van der Waals surface area contributed by atoms with Gasteiger partial charge in [0, 0.05) is 11.1 Å². The summed E-state index contributed by atoms with van der Waals surface area (Å²) in [4.78, 5) is 23.7. The maximum Gasteiger partial charge on any atom is 0.259 e. The minimum absolute atomic E-state index is 0.0533. The number of benzene rings is 1. The monoisotopic (exact) mass is 357 g/mol. The molecule has 6 nitrogen and oxygen atoms in total. The van der Waals surface area contributed by atoms with Gasteiger partial charge in [-0.1, -0.05) is 39.0 Å². The Hall–Kier alpha value is -2.37. The van der Waals surface area contributed by atoms with Crippen molar-refractivity contribution in [2.45, 2.75) is 40.0 Å². The van der Waals surface area contributed by atoms with Crippen LogP contribution in [0.5, 0.6) is 5.75 Å². The molecular weight excluding hydrogens is 330 g/mol. The average molecular weight is 357 g/mol. The van der Waals surface area contributed by atoms with Crippen molar-refractivity contribution in [3.63, 3.8) is 0 Å². The van der Waals surface area contributed by atoms with Crippen LogP contribution in [0.2, 0.25) is 0 Å². The van der Waals surface area contributed by atoms with Crippen LogP contribution in [0, 0.1) is 16.7 Å². The van der Waals surface area contributed by atoms with Crippen LogP contribution in [-0.2, 0) is 9.59 Å². The molecule has 0 heterocycles. The van der Waals surface area contributed by atoms with E-state index in [1.54, 1.807) is 12.1 Å². The zero-order valence-electron chi connectivity index (χ0n) is 15.7. The van der Waals surface area contributed by atoms with E-state index in [4.69, 9.17) is 4.74 Å². The summed E-state index contributed by atoms with van der Waals surface area (Å²) in [5.41, 5.74) is 3.95. The quantitative estimate of drug-likeness (QED) is 0.768. The summed E-state index contributed by atoms with van der Waals surface area (Å²) in [6.07, 6.45) is 3.29. The summed E-state index contributed by atoms with van der Waals surface area (Å²) in [7, 11) is 0. The highest BCUT2D eigenvalue weighted by molar-refractivity contribution is 5.95. The van der Waals surface area contributed by atoms with Crippen molar-refractivity contribution >= 4 is 17.5 Å². The van der Waals surface area contributed by atoms with E-state index in [1.807, 2.05) is 18.2 Å². The summed E-state index contributed by atoms with van der Waals surface area (Å²) in [5.74, 6) is 0.586. The Morgan fingerprint density at radius 2 is 1.92 bits per heavy atom. The molecule has 3 rings (SSSR count). The Morgan fingerprint density at radius 3 is 2.54 bits per heavy atom. The molecular formula is C20H27N3O3. The second kappa shape index (κ2) is 7.09. The third-order valence-electron chi connectivity index (χ3n) is 6.39. The number of nitrogens with zero attached hydrogens (tertiary/aromatic N) is 1. The Balaban J connectivity index is 1.43. The van der Waals surface area contributed by atoms with E-state index in [9.17, 15) is 9.59 Å². The molecule has 2 fully saturated rings. The number of carbonyl (C=O) groups is 2. The molecule has 0 unspecified atom stereocenters. The van der Waals surface area contributed by atoms with Crippen LogP contribution in [0.25, 0.3) is 0 Å². The van der Waals surface area contributed by atoms with Gasteiger partial charge in [0.2, 0.25) is 0 Å². The van der Waals surface area contributed by atoms with Gasteiger partial charge in [0.25, 0.3) is 11.8 Å². The van der Waals surface area contributed by atoms with Gasteiger partial charge in [0.1, 0.15) is 5.75 Å². The van der Waals surface area contributed by atoms with Gasteiger partial charge in [0.15, 0.2) is 6.61 Å². The van der Waals surface area contributed by atoms with Crippen molar-refractivity contribution in [2.24, 2.45) is 21.8 Å². The molecule has 2 amide bonds. The normalized spacial score (nSPS) is 27.3. The molecule has 0 radical (unpaired) electrons. The average Bonchev–Trinajstić information content (AvgIpc) is 2.97. The SMILES string of the molecule is CC1(C)[C@H]2CC[C@@]1(C)/C(=N/NC(=O)CNC(=O)COc1ccccc1)C2. The maximum absolute atomic E-state index is 12.0. The minimum atomic E-state index is -0.343. The smallest absolute Gasteiger partial charge is 0.259 e. The lowest BCUT2D eigenvalue weighted by Gasteiger charge is -2.34. The Kier molecular flexibility index (Phi) is 5.03. The molecule has 0 aromatic heterocycles. The lowest BCUT2D eigenvalue weighted by molar-refractivity contribution is -0.127. The first-order valence-electron chi connectivity index (χ1n) is 9.13. The number of hydrogen-bond acceptors (Lipinski definition) is 4. The van der Waals surface area contributed by atoms with E-state index in [1.165, 1.54) is 6.42 Å². The van der Waals surface area contributed by atoms with Crippen LogP contribution in [0.1, 0.15) is 40.0 Å². The fourth-order valence-electron chi connectivity index (χ4n) is 4.16. The van der Waals surface area contributed by atoms with Crippen molar-refractivity contribution in [1.82, 2.24) is 10.7 Å². The number of amides is 2. The van der Waals surface area contributed by atoms with Gasteiger partial charge in [-0.25, -0.2) is 5.43 Å². The topological polar surface area (TPSA) is 79.8 Å². The number of rotatable bonds is 6. The first kappa shape index (κ1) is 18.4. The molecule has 140 valence electrons. The molecule has 2 aliphatic carbocycles. The van der Waals surface area contributed by atoms with E-state index in [0.717, 1.165) is 18.6 Å². The fraction of sp³-hybridized carbons (Fsp3) is 0.550. The van der Waals surface area contributed by atoms with Crippen molar-refractivity contribution in [2.75, 3.05) is 13.2 Å². The lowest BCUT2D eigenvalue weighted by atomic mass is 9.70. The molecule has 26 heavy (non-hydrogen) atoms. The van der Waals surface area contributed by atoms with Gasteiger partial charge >= 0.3 is 0 Å². The van der Waals surface area contributed by atoms with Gasteiger partial charge < -0.3 is 10.1 Å². The standard InChI is InChI=1S/C20H27N3O3/c1-19(2)14-9-10-20(19,3)16(11-14)22-23-17(24)12-21-18(25)13-26-15-7-5-4-6-8-15/h4-8,14H,9-13H2,1-3H3,(H,21,25)(H,23,24)/b22-16+/t14-,20-/m0/s1. The third kappa shape index (κ3) is 3.45. The van der Waals surface area contributed by atoms with E-state index >= 15 is 0 Å². The van der Waals surface area contributed by atoms with Crippen LogP contribution >= 0.6 is 0 Å². The van der Waals surface area contributed by atoms with Gasteiger partial charge in [-0.3, -0.25) is 9.59 Å². The number of para-hydroxylation sites is 1. The van der Waals surface area contributed by atoms with Crippen LogP contribution in [-0.4, -0.2) is 30.7 Å². The Bertz CT molecular complexity index is 714. The second-order valence-electron chi connectivity index (χ2n) is 7.97. The highest BCUT2D eigenvalue weighted by Crippen LogP contribution is 2.63. The largest absolute Gasteiger partial charge is 0.484 e. The minimum Gasteiger partial charge on any atom is -0.484 e. The van der Waals surface area contributed by atoms with Gasteiger partial charge in [0.05, 0.1) is 6.54 Å². The zero-order chi connectivity index (χ0) is 18.8. The molecule has 0 spiro atoms. The number of fused-ring (bicyclic) bond motifs is 2. The van der Waals surface area contributed by atoms with Gasteiger partial charge in [-0.05, 0) is 42.7 Å².